The molecule has 3 amide bonds. The highest BCUT2D eigenvalue weighted by Crippen LogP contribution is 2.34. The highest BCUT2D eigenvalue weighted by atomic mass is 16.6. The van der Waals surface area contributed by atoms with E-state index in [1.54, 1.807) is 56.9 Å². The van der Waals surface area contributed by atoms with E-state index < -0.39 is 35.2 Å². The number of carbonyl (C=O) groups is 3. The van der Waals surface area contributed by atoms with Crippen molar-refractivity contribution in [2.75, 3.05) is 5.32 Å². The molecular formula is C31H41N3O4. The number of anilines is 1. The fourth-order valence-electron chi connectivity index (χ4n) is 4.08. The standard InChI is InChI=1S/C31H41N3O4/c1-11-23-16-18-24(19-17-23)26(27(35)33-25-20(3)14-13-15-21(25)4)34(31(9,10)12-2)28(36)22(5)32-29(37)38-30(6,7)8/h1,13-19,22,26H,12H2,2-10H3,(H,32,37)(H,33,35). The van der Waals surface area contributed by atoms with Crippen molar-refractivity contribution in [3.63, 3.8) is 0 Å². The Morgan fingerprint density at radius 3 is 2.03 bits per heavy atom. The van der Waals surface area contributed by atoms with Crippen molar-refractivity contribution >= 4 is 23.6 Å². The summed E-state index contributed by atoms with van der Waals surface area (Å²) in [5.74, 6) is 1.81. The molecule has 0 radical (unpaired) electrons. The van der Waals surface area contributed by atoms with Gasteiger partial charge in [0.25, 0.3) is 5.91 Å². The lowest BCUT2D eigenvalue weighted by molar-refractivity contribution is -0.147. The Morgan fingerprint density at radius 2 is 1.55 bits per heavy atom. The van der Waals surface area contributed by atoms with Gasteiger partial charge in [-0.05, 0) is 90.6 Å². The second-order valence-electron chi connectivity index (χ2n) is 11.2. The molecule has 0 aliphatic rings. The van der Waals surface area contributed by atoms with Crippen molar-refractivity contribution < 1.29 is 19.1 Å². The lowest BCUT2D eigenvalue weighted by Gasteiger charge is -2.44. The molecule has 2 atom stereocenters. The van der Waals surface area contributed by atoms with E-state index in [-0.39, 0.29) is 5.91 Å². The van der Waals surface area contributed by atoms with Crippen molar-refractivity contribution in [3.05, 3.63) is 64.7 Å². The van der Waals surface area contributed by atoms with Crippen LogP contribution >= 0.6 is 0 Å². The van der Waals surface area contributed by atoms with Gasteiger partial charge < -0.3 is 20.3 Å². The van der Waals surface area contributed by atoms with Gasteiger partial charge in [-0.15, -0.1) is 6.42 Å². The number of carbonyl (C=O) groups excluding carboxylic acids is 3. The fraction of sp³-hybridized carbons (Fsp3) is 0.452. The summed E-state index contributed by atoms with van der Waals surface area (Å²) in [4.78, 5) is 42.1. The molecule has 2 unspecified atom stereocenters. The van der Waals surface area contributed by atoms with Crippen molar-refractivity contribution in [3.8, 4) is 12.3 Å². The first kappa shape index (κ1) is 30.4. The summed E-state index contributed by atoms with van der Waals surface area (Å²) in [5.41, 5.74) is 2.32. The minimum absolute atomic E-state index is 0.366. The Hall–Kier alpha value is -3.79. The van der Waals surface area contributed by atoms with Gasteiger partial charge in [0.2, 0.25) is 5.91 Å². The topological polar surface area (TPSA) is 87.7 Å². The second kappa shape index (κ2) is 12.2. The molecule has 2 aromatic rings. The maximum atomic E-state index is 14.1. The molecule has 0 aliphatic heterocycles. The Labute approximate surface area is 227 Å². The predicted octanol–water partition coefficient (Wildman–Crippen LogP) is 5.89. The Morgan fingerprint density at radius 1 is 1.00 bits per heavy atom. The summed E-state index contributed by atoms with van der Waals surface area (Å²) < 4.78 is 5.35. The van der Waals surface area contributed by atoms with Gasteiger partial charge in [-0.25, -0.2) is 4.79 Å². The molecule has 0 saturated heterocycles. The van der Waals surface area contributed by atoms with Crippen molar-refractivity contribution in [2.45, 2.75) is 92.0 Å². The van der Waals surface area contributed by atoms with Gasteiger partial charge in [-0.1, -0.05) is 43.2 Å². The van der Waals surface area contributed by atoms with E-state index in [2.05, 4.69) is 16.6 Å². The number of aryl methyl sites for hydroxylation is 2. The number of amides is 3. The first-order valence-electron chi connectivity index (χ1n) is 12.9. The van der Waals surface area contributed by atoms with Gasteiger partial charge in [-0.3, -0.25) is 9.59 Å². The van der Waals surface area contributed by atoms with Gasteiger partial charge in [0.15, 0.2) is 0 Å². The van der Waals surface area contributed by atoms with Crippen LogP contribution in [0.3, 0.4) is 0 Å². The fourth-order valence-corrected chi connectivity index (χ4v) is 4.08. The summed E-state index contributed by atoms with van der Waals surface area (Å²) in [7, 11) is 0. The van der Waals surface area contributed by atoms with Crippen LogP contribution in [-0.2, 0) is 14.3 Å². The van der Waals surface area contributed by atoms with Crippen LogP contribution in [0.25, 0.3) is 0 Å². The lowest BCUT2D eigenvalue weighted by atomic mass is 9.91. The van der Waals surface area contributed by atoms with Crippen molar-refractivity contribution in [2.24, 2.45) is 0 Å². The summed E-state index contributed by atoms with van der Waals surface area (Å²) >= 11 is 0. The number of ether oxygens (including phenoxy) is 1. The monoisotopic (exact) mass is 519 g/mol. The lowest BCUT2D eigenvalue weighted by Crippen LogP contribution is -2.58. The van der Waals surface area contributed by atoms with E-state index in [0.717, 1.165) is 11.1 Å². The van der Waals surface area contributed by atoms with Crippen LogP contribution in [0.2, 0.25) is 0 Å². The van der Waals surface area contributed by atoms with Gasteiger partial charge in [0, 0.05) is 16.8 Å². The maximum Gasteiger partial charge on any atom is 0.408 e. The van der Waals surface area contributed by atoms with Crippen LogP contribution < -0.4 is 10.6 Å². The normalized spacial score (nSPS) is 13.1. The van der Waals surface area contributed by atoms with E-state index in [9.17, 15) is 14.4 Å². The zero-order valence-corrected chi connectivity index (χ0v) is 24.1. The number of nitrogens with one attached hydrogen (secondary N) is 2. The largest absolute Gasteiger partial charge is 0.444 e. The second-order valence-corrected chi connectivity index (χ2v) is 11.2. The molecule has 7 heteroatoms. The average molecular weight is 520 g/mol. The van der Waals surface area contributed by atoms with Crippen LogP contribution in [0.1, 0.15) is 83.2 Å². The van der Waals surface area contributed by atoms with Gasteiger partial charge in [-0.2, -0.15) is 0 Å². The van der Waals surface area contributed by atoms with E-state index in [1.807, 2.05) is 52.8 Å². The molecule has 2 N–H and O–H groups in total. The SMILES string of the molecule is C#Cc1ccc(C(C(=O)Nc2c(C)cccc2C)N(C(=O)C(C)NC(=O)OC(C)(C)C)C(C)(C)CC)cc1. The first-order valence-corrected chi connectivity index (χ1v) is 12.9. The van der Waals surface area contributed by atoms with Gasteiger partial charge >= 0.3 is 6.09 Å². The van der Waals surface area contributed by atoms with Crippen molar-refractivity contribution in [1.82, 2.24) is 10.2 Å². The third kappa shape index (κ3) is 7.61. The van der Waals surface area contributed by atoms with Crippen molar-refractivity contribution in [1.29, 1.82) is 0 Å². The molecule has 204 valence electrons. The van der Waals surface area contributed by atoms with E-state index >= 15 is 0 Å². The molecule has 0 fully saturated rings. The molecule has 0 saturated carbocycles. The van der Waals surface area contributed by atoms with E-state index in [1.165, 1.54) is 0 Å². The number of benzene rings is 2. The Kier molecular flexibility index (Phi) is 9.75. The number of hydrogen-bond donors (Lipinski definition) is 2. The number of terminal acetylenes is 1. The first-order chi connectivity index (χ1) is 17.6. The zero-order valence-electron chi connectivity index (χ0n) is 24.1. The minimum Gasteiger partial charge on any atom is -0.444 e. The predicted molar refractivity (Wildman–Crippen MR) is 152 cm³/mol. The summed E-state index contributed by atoms with van der Waals surface area (Å²) in [5, 5.41) is 5.70. The van der Waals surface area contributed by atoms with Crippen LogP contribution in [0.4, 0.5) is 10.5 Å². The highest BCUT2D eigenvalue weighted by Gasteiger charge is 2.42. The Balaban J connectivity index is 2.60. The molecule has 0 aromatic heterocycles. The number of hydrogen-bond acceptors (Lipinski definition) is 4. The van der Waals surface area contributed by atoms with E-state index in [4.69, 9.17) is 11.2 Å². The summed E-state index contributed by atoms with van der Waals surface area (Å²) in [6, 6.07) is 10.9. The van der Waals surface area contributed by atoms with Crippen LogP contribution in [0.15, 0.2) is 42.5 Å². The van der Waals surface area contributed by atoms with Gasteiger partial charge in [0.05, 0.1) is 0 Å². The number of rotatable bonds is 8. The number of alkyl carbamates (subject to hydrolysis) is 1. The molecular weight excluding hydrogens is 478 g/mol. The average Bonchev–Trinajstić information content (AvgIpc) is 2.83. The summed E-state index contributed by atoms with van der Waals surface area (Å²) in [6.07, 6.45) is 5.41. The minimum atomic E-state index is -0.994. The number of para-hydroxylation sites is 1. The van der Waals surface area contributed by atoms with Crippen LogP contribution in [0, 0.1) is 26.2 Å². The molecule has 2 rings (SSSR count). The molecule has 0 bridgehead atoms. The molecule has 7 nitrogen and oxygen atoms in total. The molecule has 0 heterocycles. The maximum absolute atomic E-state index is 14.1. The summed E-state index contributed by atoms with van der Waals surface area (Å²) in [6.45, 7) is 16.4. The highest BCUT2D eigenvalue weighted by molar-refractivity contribution is 6.00. The smallest absolute Gasteiger partial charge is 0.408 e. The molecule has 0 aliphatic carbocycles. The number of nitrogens with zero attached hydrogens (tertiary/aromatic N) is 1. The van der Waals surface area contributed by atoms with E-state index in [0.29, 0.717) is 23.2 Å². The quantitative estimate of drug-likeness (QED) is 0.426. The van der Waals surface area contributed by atoms with Gasteiger partial charge in [0.1, 0.15) is 17.7 Å². The molecule has 0 spiro atoms. The van der Waals surface area contributed by atoms with Crippen LogP contribution in [-0.4, -0.2) is 40.0 Å². The molecule has 2 aromatic carbocycles. The molecule has 38 heavy (non-hydrogen) atoms. The van der Waals surface area contributed by atoms with Crippen LogP contribution in [0.5, 0.6) is 0 Å². The zero-order chi connectivity index (χ0) is 28.8. The third-order valence-corrected chi connectivity index (χ3v) is 6.49. The Bertz CT molecular complexity index is 1180. The third-order valence-electron chi connectivity index (χ3n) is 6.49.